The van der Waals surface area contributed by atoms with Crippen LogP contribution < -0.4 is 10.9 Å². The topological polar surface area (TPSA) is 106 Å². The molecule has 8 heteroatoms. The lowest BCUT2D eigenvalue weighted by Crippen LogP contribution is -2.39. The van der Waals surface area contributed by atoms with E-state index >= 15 is 0 Å². The van der Waals surface area contributed by atoms with E-state index in [0.717, 1.165) is 36.9 Å². The number of aromatic amines is 1. The second-order valence-electron chi connectivity index (χ2n) is 6.69. The van der Waals surface area contributed by atoms with Gasteiger partial charge in [0, 0.05) is 36.3 Å². The van der Waals surface area contributed by atoms with Gasteiger partial charge in [-0.2, -0.15) is 10.2 Å². The summed E-state index contributed by atoms with van der Waals surface area (Å²) in [4.78, 5) is 28.6. The van der Waals surface area contributed by atoms with Crippen LogP contribution in [-0.4, -0.2) is 36.9 Å². The Morgan fingerprint density at radius 3 is 2.67 bits per heavy atom. The first-order chi connectivity index (χ1) is 13.2. The minimum absolute atomic E-state index is 0.0365. The van der Waals surface area contributed by atoms with Crippen molar-refractivity contribution in [1.29, 1.82) is 0 Å². The maximum atomic E-state index is 12.3. The fraction of sp³-hybridized carbons (Fsp3) is 0.316. The number of aromatic nitrogens is 5. The molecule has 1 saturated carbocycles. The predicted octanol–water partition coefficient (Wildman–Crippen LogP) is 1.94. The van der Waals surface area contributed by atoms with Crippen LogP contribution in [-0.2, 0) is 0 Å². The van der Waals surface area contributed by atoms with Crippen molar-refractivity contribution in [3.63, 3.8) is 0 Å². The van der Waals surface area contributed by atoms with Crippen LogP contribution in [0.25, 0.3) is 11.3 Å². The summed E-state index contributed by atoms with van der Waals surface area (Å²) >= 11 is 0. The summed E-state index contributed by atoms with van der Waals surface area (Å²) in [7, 11) is 0. The summed E-state index contributed by atoms with van der Waals surface area (Å²) in [6.07, 6.45) is 8.18. The van der Waals surface area contributed by atoms with E-state index < -0.39 is 0 Å². The van der Waals surface area contributed by atoms with Crippen LogP contribution in [0.5, 0.6) is 0 Å². The second-order valence-corrected chi connectivity index (χ2v) is 6.69. The van der Waals surface area contributed by atoms with Crippen LogP contribution in [0.3, 0.4) is 0 Å². The maximum absolute atomic E-state index is 12.3. The zero-order valence-electron chi connectivity index (χ0n) is 14.7. The highest BCUT2D eigenvalue weighted by Crippen LogP contribution is 2.27. The van der Waals surface area contributed by atoms with Crippen molar-refractivity contribution in [1.82, 2.24) is 30.3 Å². The fourth-order valence-electron chi connectivity index (χ4n) is 3.47. The number of rotatable bonds is 4. The SMILES string of the molecule is O=C(NC1CCC(n2nc(-c3cccnc3)ccc2=O)CC1)c1ccn[nH]1. The van der Waals surface area contributed by atoms with E-state index in [1.54, 1.807) is 41.5 Å². The number of H-pyrrole nitrogens is 1. The zero-order valence-corrected chi connectivity index (χ0v) is 14.7. The number of pyridine rings is 1. The van der Waals surface area contributed by atoms with E-state index in [2.05, 4.69) is 25.6 Å². The zero-order chi connectivity index (χ0) is 18.6. The lowest BCUT2D eigenvalue weighted by molar-refractivity contribution is 0.0916. The van der Waals surface area contributed by atoms with Gasteiger partial charge in [0.05, 0.1) is 11.7 Å². The van der Waals surface area contributed by atoms with E-state index in [1.165, 1.54) is 0 Å². The van der Waals surface area contributed by atoms with Crippen LogP contribution in [0, 0.1) is 0 Å². The van der Waals surface area contributed by atoms with E-state index in [-0.39, 0.29) is 23.6 Å². The molecule has 4 rings (SSSR count). The molecular formula is C19H20N6O2. The molecule has 0 aliphatic heterocycles. The van der Waals surface area contributed by atoms with Crippen LogP contribution in [0.1, 0.15) is 42.2 Å². The molecule has 3 heterocycles. The number of hydrogen-bond acceptors (Lipinski definition) is 5. The Kier molecular flexibility index (Phi) is 4.78. The van der Waals surface area contributed by atoms with Crippen LogP contribution in [0.4, 0.5) is 0 Å². The fourth-order valence-corrected chi connectivity index (χ4v) is 3.47. The molecule has 0 aromatic carbocycles. The smallest absolute Gasteiger partial charge is 0.269 e. The summed E-state index contributed by atoms with van der Waals surface area (Å²) in [6.45, 7) is 0. The highest BCUT2D eigenvalue weighted by atomic mass is 16.2. The Balaban J connectivity index is 1.44. The van der Waals surface area contributed by atoms with Crippen molar-refractivity contribution >= 4 is 5.91 Å². The molecule has 1 amide bonds. The van der Waals surface area contributed by atoms with E-state index in [9.17, 15) is 9.59 Å². The number of carbonyl (C=O) groups excluding carboxylic acids is 1. The molecule has 138 valence electrons. The number of carbonyl (C=O) groups is 1. The van der Waals surface area contributed by atoms with Crippen LogP contribution >= 0.6 is 0 Å². The van der Waals surface area contributed by atoms with Gasteiger partial charge in [0.1, 0.15) is 5.69 Å². The Bertz CT molecular complexity index is 959. The summed E-state index contributed by atoms with van der Waals surface area (Å²) in [5.41, 5.74) is 1.97. The molecule has 0 saturated heterocycles. The first-order valence-corrected chi connectivity index (χ1v) is 9.01. The molecule has 0 bridgehead atoms. The third-order valence-corrected chi connectivity index (χ3v) is 4.91. The van der Waals surface area contributed by atoms with Gasteiger partial charge < -0.3 is 5.32 Å². The normalized spacial score (nSPS) is 19.6. The van der Waals surface area contributed by atoms with Crippen molar-refractivity contribution in [3.8, 4) is 11.3 Å². The number of amides is 1. The maximum Gasteiger partial charge on any atom is 0.269 e. The molecule has 1 fully saturated rings. The summed E-state index contributed by atoms with van der Waals surface area (Å²) in [5, 5.41) is 14.0. The average molecular weight is 364 g/mol. The first-order valence-electron chi connectivity index (χ1n) is 9.01. The monoisotopic (exact) mass is 364 g/mol. The number of nitrogens with one attached hydrogen (secondary N) is 2. The second kappa shape index (κ2) is 7.53. The Hall–Kier alpha value is -3.29. The Labute approximate surface area is 155 Å². The largest absolute Gasteiger partial charge is 0.348 e. The average Bonchev–Trinajstić information content (AvgIpc) is 3.25. The van der Waals surface area contributed by atoms with Crippen molar-refractivity contribution < 1.29 is 4.79 Å². The molecule has 2 N–H and O–H groups in total. The molecule has 8 nitrogen and oxygen atoms in total. The molecule has 1 aliphatic rings. The lowest BCUT2D eigenvalue weighted by Gasteiger charge is -2.29. The van der Waals surface area contributed by atoms with Gasteiger partial charge in [-0.25, -0.2) is 4.68 Å². The highest BCUT2D eigenvalue weighted by molar-refractivity contribution is 5.92. The van der Waals surface area contributed by atoms with Crippen molar-refractivity contribution in [2.45, 2.75) is 37.8 Å². The van der Waals surface area contributed by atoms with Gasteiger partial charge >= 0.3 is 0 Å². The Morgan fingerprint density at radius 2 is 1.96 bits per heavy atom. The lowest BCUT2D eigenvalue weighted by atomic mass is 9.91. The summed E-state index contributed by atoms with van der Waals surface area (Å²) in [5.74, 6) is -0.148. The van der Waals surface area contributed by atoms with Gasteiger partial charge in [0.15, 0.2) is 0 Å². The van der Waals surface area contributed by atoms with Gasteiger partial charge in [-0.15, -0.1) is 0 Å². The molecule has 27 heavy (non-hydrogen) atoms. The van der Waals surface area contributed by atoms with Crippen molar-refractivity contribution in [2.75, 3.05) is 0 Å². The number of hydrogen-bond donors (Lipinski definition) is 2. The van der Waals surface area contributed by atoms with Crippen molar-refractivity contribution in [2.24, 2.45) is 0 Å². The minimum atomic E-state index is -0.148. The Morgan fingerprint density at radius 1 is 1.11 bits per heavy atom. The van der Waals surface area contributed by atoms with Crippen LogP contribution in [0.2, 0.25) is 0 Å². The third-order valence-electron chi connectivity index (χ3n) is 4.91. The van der Waals surface area contributed by atoms with E-state index in [4.69, 9.17) is 0 Å². The molecule has 0 unspecified atom stereocenters. The molecule has 0 atom stereocenters. The van der Waals surface area contributed by atoms with E-state index in [0.29, 0.717) is 5.69 Å². The van der Waals surface area contributed by atoms with Gasteiger partial charge in [-0.1, -0.05) is 0 Å². The van der Waals surface area contributed by atoms with Gasteiger partial charge in [-0.3, -0.25) is 19.7 Å². The standard InChI is InChI=1S/C19H20N6O2/c26-18-8-7-16(13-2-1-10-20-12-13)24-25(18)15-5-3-14(4-6-15)22-19(27)17-9-11-21-23-17/h1-2,7-12,14-15H,3-6H2,(H,21,23)(H,22,27). The van der Waals surface area contributed by atoms with Gasteiger partial charge in [0.2, 0.25) is 0 Å². The minimum Gasteiger partial charge on any atom is -0.348 e. The summed E-state index contributed by atoms with van der Waals surface area (Å²) in [6, 6.07) is 8.83. The molecule has 0 spiro atoms. The van der Waals surface area contributed by atoms with Gasteiger partial charge in [-0.05, 0) is 49.9 Å². The first kappa shape index (κ1) is 17.1. The summed E-state index contributed by atoms with van der Waals surface area (Å²) < 4.78 is 1.58. The molecular weight excluding hydrogens is 344 g/mol. The molecule has 0 radical (unpaired) electrons. The third kappa shape index (κ3) is 3.79. The van der Waals surface area contributed by atoms with Crippen molar-refractivity contribution in [3.05, 3.63) is 65.0 Å². The van der Waals surface area contributed by atoms with Gasteiger partial charge in [0.25, 0.3) is 11.5 Å². The predicted molar refractivity (Wildman–Crippen MR) is 99.1 cm³/mol. The quantitative estimate of drug-likeness (QED) is 0.736. The molecule has 3 aromatic heterocycles. The molecule has 3 aromatic rings. The van der Waals surface area contributed by atoms with Crippen LogP contribution in [0.15, 0.2) is 53.7 Å². The number of nitrogens with zero attached hydrogens (tertiary/aromatic N) is 4. The highest BCUT2D eigenvalue weighted by Gasteiger charge is 2.25. The molecule has 1 aliphatic carbocycles. The van der Waals surface area contributed by atoms with E-state index in [1.807, 2.05) is 12.1 Å².